The van der Waals surface area contributed by atoms with E-state index in [0.717, 1.165) is 17.0 Å². The van der Waals surface area contributed by atoms with Crippen LogP contribution in [-0.4, -0.2) is 12.6 Å². The largest absolute Gasteiger partial charge is 0.488 e. The number of aryl methyl sites for hydroxylation is 1. The average molecular weight is 174 g/mol. The van der Waals surface area contributed by atoms with E-state index in [2.05, 4.69) is 11.4 Å². The van der Waals surface area contributed by atoms with Crippen LogP contribution in [0.2, 0.25) is 0 Å². The molecule has 0 saturated carbocycles. The molecule has 1 unspecified atom stereocenters. The van der Waals surface area contributed by atoms with Gasteiger partial charge in [0.2, 0.25) is 0 Å². The van der Waals surface area contributed by atoms with Crippen molar-refractivity contribution in [2.24, 2.45) is 0 Å². The van der Waals surface area contributed by atoms with Crippen molar-refractivity contribution in [2.45, 2.75) is 13.0 Å². The first-order chi connectivity index (χ1) is 6.29. The summed E-state index contributed by atoms with van der Waals surface area (Å²) in [4.78, 5) is 0. The van der Waals surface area contributed by atoms with Crippen LogP contribution in [0.5, 0.6) is 5.75 Å². The van der Waals surface area contributed by atoms with E-state index in [-0.39, 0.29) is 6.04 Å². The summed E-state index contributed by atoms with van der Waals surface area (Å²) in [6.07, 6.45) is 0. The Balaban J connectivity index is 2.34. The topological polar surface area (TPSA) is 45.0 Å². The van der Waals surface area contributed by atoms with Crippen LogP contribution in [0.15, 0.2) is 18.2 Å². The molecule has 3 nitrogen and oxygen atoms in total. The quantitative estimate of drug-likeness (QED) is 0.651. The molecule has 1 heterocycles. The molecular weight excluding hydrogens is 164 g/mol. The summed E-state index contributed by atoms with van der Waals surface area (Å²) >= 11 is 0. The number of anilines is 1. The van der Waals surface area contributed by atoms with Gasteiger partial charge in [0.1, 0.15) is 18.4 Å². The minimum atomic E-state index is -0.228. The lowest BCUT2D eigenvalue weighted by molar-refractivity contribution is 0.304. The number of hydrogen-bond donors (Lipinski definition) is 1. The highest BCUT2D eigenvalue weighted by Gasteiger charge is 2.17. The Kier molecular flexibility index (Phi) is 1.82. The van der Waals surface area contributed by atoms with Gasteiger partial charge >= 0.3 is 0 Å². The summed E-state index contributed by atoms with van der Waals surface area (Å²) in [7, 11) is 0. The fraction of sp³-hybridized carbons (Fsp3) is 0.300. The van der Waals surface area contributed by atoms with Crippen molar-refractivity contribution in [2.75, 3.05) is 11.9 Å². The molecule has 1 aliphatic heterocycles. The van der Waals surface area contributed by atoms with Crippen LogP contribution in [0.1, 0.15) is 5.56 Å². The molecule has 0 saturated heterocycles. The summed E-state index contributed by atoms with van der Waals surface area (Å²) < 4.78 is 5.40. The predicted octanol–water partition coefficient (Wildman–Crippen LogP) is 1.69. The monoisotopic (exact) mass is 174 g/mol. The molecule has 0 fully saturated rings. The molecule has 1 N–H and O–H groups in total. The van der Waals surface area contributed by atoms with Gasteiger partial charge in [0.05, 0.1) is 11.8 Å². The Labute approximate surface area is 76.9 Å². The molecule has 3 heteroatoms. The molecule has 0 aromatic heterocycles. The number of benzene rings is 1. The summed E-state index contributed by atoms with van der Waals surface area (Å²) in [5.41, 5.74) is 2.08. The minimum Gasteiger partial charge on any atom is -0.488 e. The lowest BCUT2D eigenvalue weighted by Gasteiger charge is -2.23. The van der Waals surface area contributed by atoms with Gasteiger partial charge in [-0.3, -0.25) is 0 Å². The number of rotatable bonds is 0. The highest BCUT2D eigenvalue weighted by molar-refractivity contribution is 5.60. The first kappa shape index (κ1) is 7.93. The predicted molar refractivity (Wildman–Crippen MR) is 49.7 cm³/mol. The molecule has 1 atom stereocenters. The van der Waals surface area contributed by atoms with Gasteiger partial charge in [-0.1, -0.05) is 6.07 Å². The third kappa shape index (κ3) is 1.43. The van der Waals surface area contributed by atoms with Crippen molar-refractivity contribution in [3.8, 4) is 11.8 Å². The summed E-state index contributed by atoms with van der Waals surface area (Å²) in [5, 5.41) is 11.8. The number of ether oxygens (including phenoxy) is 1. The molecule has 1 aliphatic rings. The standard InChI is InChI=1S/C10H10N2O/c1-7-2-3-10-9(4-7)12-8(5-11)6-13-10/h2-4,8,12H,6H2,1H3. The van der Waals surface area contributed by atoms with Crippen molar-refractivity contribution >= 4 is 5.69 Å². The van der Waals surface area contributed by atoms with Crippen LogP contribution in [0.4, 0.5) is 5.69 Å². The molecule has 1 aromatic rings. The van der Waals surface area contributed by atoms with Crippen LogP contribution in [0, 0.1) is 18.3 Å². The van der Waals surface area contributed by atoms with Crippen molar-refractivity contribution in [3.05, 3.63) is 23.8 Å². The first-order valence-electron chi connectivity index (χ1n) is 4.19. The van der Waals surface area contributed by atoms with E-state index >= 15 is 0 Å². The van der Waals surface area contributed by atoms with Gasteiger partial charge in [-0.25, -0.2) is 0 Å². The second kappa shape index (κ2) is 2.98. The molecule has 0 radical (unpaired) electrons. The van der Waals surface area contributed by atoms with E-state index in [0.29, 0.717) is 6.61 Å². The van der Waals surface area contributed by atoms with Gasteiger partial charge in [-0.05, 0) is 24.6 Å². The van der Waals surface area contributed by atoms with Crippen LogP contribution < -0.4 is 10.1 Å². The van der Waals surface area contributed by atoms with Crippen molar-refractivity contribution in [1.29, 1.82) is 5.26 Å². The SMILES string of the molecule is Cc1ccc2c(c1)NC(C#N)CO2. The lowest BCUT2D eigenvalue weighted by Crippen LogP contribution is -2.29. The van der Waals surface area contributed by atoms with Crippen LogP contribution in [0.25, 0.3) is 0 Å². The maximum absolute atomic E-state index is 8.69. The third-order valence-corrected chi connectivity index (χ3v) is 2.03. The number of fused-ring (bicyclic) bond motifs is 1. The zero-order valence-electron chi connectivity index (χ0n) is 7.37. The van der Waals surface area contributed by atoms with Crippen molar-refractivity contribution < 1.29 is 4.74 Å². The van der Waals surface area contributed by atoms with E-state index in [1.807, 2.05) is 25.1 Å². The Hall–Kier alpha value is -1.69. The Morgan fingerprint density at radius 1 is 1.62 bits per heavy atom. The van der Waals surface area contributed by atoms with Gasteiger partial charge in [-0.15, -0.1) is 0 Å². The maximum Gasteiger partial charge on any atom is 0.149 e. The van der Waals surface area contributed by atoms with Crippen molar-refractivity contribution in [1.82, 2.24) is 0 Å². The smallest absolute Gasteiger partial charge is 0.149 e. The molecule has 1 aromatic carbocycles. The van der Waals surface area contributed by atoms with Crippen LogP contribution in [0.3, 0.4) is 0 Å². The second-order valence-corrected chi connectivity index (χ2v) is 3.14. The fourth-order valence-electron chi connectivity index (χ4n) is 1.35. The number of hydrogen-bond acceptors (Lipinski definition) is 3. The maximum atomic E-state index is 8.69. The van der Waals surface area contributed by atoms with E-state index in [4.69, 9.17) is 10.00 Å². The highest BCUT2D eigenvalue weighted by Crippen LogP contribution is 2.29. The molecular formula is C10H10N2O. The zero-order valence-corrected chi connectivity index (χ0v) is 7.37. The zero-order chi connectivity index (χ0) is 9.26. The van der Waals surface area contributed by atoms with Crippen LogP contribution in [-0.2, 0) is 0 Å². The number of nitrogens with one attached hydrogen (secondary N) is 1. The Bertz CT molecular complexity index is 368. The molecule has 0 amide bonds. The molecule has 0 spiro atoms. The molecule has 0 aliphatic carbocycles. The summed E-state index contributed by atoms with van der Waals surface area (Å²) in [6, 6.07) is 7.80. The first-order valence-corrected chi connectivity index (χ1v) is 4.19. The van der Waals surface area contributed by atoms with E-state index in [9.17, 15) is 0 Å². The fourth-order valence-corrected chi connectivity index (χ4v) is 1.35. The Morgan fingerprint density at radius 3 is 3.23 bits per heavy atom. The van der Waals surface area contributed by atoms with E-state index < -0.39 is 0 Å². The van der Waals surface area contributed by atoms with E-state index in [1.54, 1.807) is 0 Å². The highest BCUT2D eigenvalue weighted by atomic mass is 16.5. The van der Waals surface area contributed by atoms with Gasteiger partial charge in [0.15, 0.2) is 0 Å². The van der Waals surface area contributed by atoms with Gasteiger partial charge in [0.25, 0.3) is 0 Å². The lowest BCUT2D eigenvalue weighted by atomic mass is 10.1. The van der Waals surface area contributed by atoms with E-state index in [1.165, 1.54) is 0 Å². The molecule has 0 bridgehead atoms. The summed E-state index contributed by atoms with van der Waals surface area (Å²) in [5.74, 6) is 0.831. The average Bonchev–Trinajstić information content (AvgIpc) is 2.16. The molecule has 2 rings (SSSR count). The van der Waals surface area contributed by atoms with Gasteiger partial charge in [0, 0.05) is 0 Å². The minimum absolute atomic E-state index is 0.228. The number of nitriles is 1. The van der Waals surface area contributed by atoms with Crippen molar-refractivity contribution in [3.63, 3.8) is 0 Å². The third-order valence-electron chi connectivity index (χ3n) is 2.03. The summed E-state index contributed by atoms with van der Waals surface area (Å²) in [6.45, 7) is 2.44. The molecule has 13 heavy (non-hydrogen) atoms. The molecule has 66 valence electrons. The number of nitrogens with zero attached hydrogens (tertiary/aromatic N) is 1. The normalized spacial score (nSPS) is 19.2. The van der Waals surface area contributed by atoms with Gasteiger partial charge < -0.3 is 10.1 Å². The van der Waals surface area contributed by atoms with Gasteiger partial charge in [-0.2, -0.15) is 5.26 Å². The van der Waals surface area contributed by atoms with Crippen LogP contribution >= 0.6 is 0 Å². The second-order valence-electron chi connectivity index (χ2n) is 3.14. The Morgan fingerprint density at radius 2 is 2.46 bits per heavy atom.